The maximum absolute atomic E-state index is 12.8. The summed E-state index contributed by atoms with van der Waals surface area (Å²) in [5, 5.41) is 3.66. The lowest BCUT2D eigenvalue weighted by Crippen LogP contribution is -2.28. The van der Waals surface area contributed by atoms with Gasteiger partial charge in [0, 0.05) is 5.39 Å². The maximum atomic E-state index is 12.8. The summed E-state index contributed by atoms with van der Waals surface area (Å²) < 4.78 is 16.4. The van der Waals surface area contributed by atoms with Crippen molar-refractivity contribution >= 4 is 22.6 Å². The highest BCUT2D eigenvalue weighted by Gasteiger charge is 2.13. The van der Waals surface area contributed by atoms with Crippen LogP contribution in [-0.4, -0.2) is 13.0 Å². The highest BCUT2D eigenvalue weighted by molar-refractivity contribution is 5.96. The molecule has 0 unspecified atom stereocenters. The molecular formula is C22H18N2O4. The minimum Gasteiger partial charge on any atom is -0.497 e. The Morgan fingerprint density at radius 3 is 2.64 bits per heavy atom. The Bertz CT molecular complexity index is 1160. The van der Waals surface area contributed by atoms with E-state index in [1.807, 2.05) is 24.3 Å². The molecule has 140 valence electrons. The Balaban J connectivity index is 1.75. The van der Waals surface area contributed by atoms with E-state index in [1.165, 1.54) is 0 Å². The van der Waals surface area contributed by atoms with Gasteiger partial charge in [0.2, 0.25) is 5.55 Å². The highest BCUT2D eigenvalue weighted by Crippen LogP contribution is 2.18. The maximum Gasteiger partial charge on any atom is 0.257 e. The zero-order valence-corrected chi connectivity index (χ0v) is 15.2. The molecule has 0 atom stereocenters. The number of para-hydroxylation sites is 1. The third-order valence-corrected chi connectivity index (χ3v) is 4.21. The van der Waals surface area contributed by atoms with Gasteiger partial charge in [-0.1, -0.05) is 18.2 Å². The van der Waals surface area contributed by atoms with Gasteiger partial charge in [0.15, 0.2) is 0 Å². The SMILES string of the molecule is COc1ccc(N=c2oc3ccccc3cc2C(=O)NCc2ccco2)cc1. The van der Waals surface area contributed by atoms with Gasteiger partial charge in [0.25, 0.3) is 5.91 Å². The number of carbonyl (C=O) groups excluding carboxylic acids is 1. The predicted molar refractivity (Wildman–Crippen MR) is 104 cm³/mol. The number of ether oxygens (including phenoxy) is 1. The first-order valence-corrected chi connectivity index (χ1v) is 8.75. The Morgan fingerprint density at radius 2 is 1.89 bits per heavy atom. The molecule has 2 heterocycles. The van der Waals surface area contributed by atoms with Crippen molar-refractivity contribution in [1.82, 2.24) is 5.32 Å². The molecule has 0 saturated carbocycles. The molecule has 6 heteroatoms. The van der Waals surface area contributed by atoms with Crippen LogP contribution in [0.15, 0.2) is 86.8 Å². The summed E-state index contributed by atoms with van der Waals surface area (Å²) in [6.45, 7) is 0.278. The number of carbonyl (C=O) groups is 1. The van der Waals surface area contributed by atoms with E-state index in [9.17, 15) is 4.79 Å². The summed E-state index contributed by atoms with van der Waals surface area (Å²) in [5.41, 5.74) is 1.89. The van der Waals surface area contributed by atoms with Crippen LogP contribution in [0.1, 0.15) is 16.1 Å². The van der Waals surface area contributed by atoms with Gasteiger partial charge in [-0.15, -0.1) is 0 Å². The van der Waals surface area contributed by atoms with Gasteiger partial charge in [0.1, 0.15) is 22.7 Å². The lowest BCUT2D eigenvalue weighted by atomic mass is 10.1. The van der Waals surface area contributed by atoms with Gasteiger partial charge in [-0.25, -0.2) is 4.99 Å². The summed E-state index contributed by atoms with van der Waals surface area (Å²) in [7, 11) is 1.60. The van der Waals surface area contributed by atoms with E-state index in [1.54, 1.807) is 55.8 Å². The van der Waals surface area contributed by atoms with E-state index in [-0.39, 0.29) is 18.0 Å². The monoisotopic (exact) mass is 374 g/mol. The van der Waals surface area contributed by atoms with Crippen LogP contribution >= 0.6 is 0 Å². The van der Waals surface area contributed by atoms with Crippen molar-refractivity contribution in [2.24, 2.45) is 4.99 Å². The lowest BCUT2D eigenvalue weighted by Gasteiger charge is -2.06. The molecule has 0 fully saturated rings. The Morgan fingerprint density at radius 1 is 1.07 bits per heavy atom. The fraction of sp³-hybridized carbons (Fsp3) is 0.0909. The molecule has 4 rings (SSSR count). The summed E-state index contributed by atoms with van der Waals surface area (Å²) >= 11 is 0. The highest BCUT2D eigenvalue weighted by atomic mass is 16.5. The third-order valence-electron chi connectivity index (χ3n) is 4.21. The average Bonchev–Trinajstić information content (AvgIpc) is 3.26. The largest absolute Gasteiger partial charge is 0.497 e. The fourth-order valence-electron chi connectivity index (χ4n) is 2.76. The minimum atomic E-state index is -0.293. The average molecular weight is 374 g/mol. The molecule has 0 radical (unpaired) electrons. The topological polar surface area (TPSA) is 77.0 Å². The van der Waals surface area contributed by atoms with Crippen LogP contribution in [-0.2, 0) is 6.54 Å². The van der Waals surface area contributed by atoms with E-state index >= 15 is 0 Å². The number of furan rings is 1. The molecule has 6 nitrogen and oxygen atoms in total. The summed E-state index contributed by atoms with van der Waals surface area (Å²) in [5.74, 6) is 1.10. The molecule has 0 aliphatic rings. The van der Waals surface area contributed by atoms with Crippen LogP contribution in [0.3, 0.4) is 0 Å². The van der Waals surface area contributed by atoms with Crippen molar-refractivity contribution in [3.8, 4) is 5.75 Å². The van der Waals surface area contributed by atoms with Crippen LogP contribution in [0.4, 0.5) is 5.69 Å². The zero-order valence-electron chi connectivity index (χ0n) is 15.2. The molecule has 1 amide bonds. The Labute approximate surface area is 161 Å². The minimum absolute atomic E-state index is 0.237. The number of amides is 1. The van der Waals surface area contributed by atoms with Crippen molar-refractivity contribution in [1.29, 1.82) is 0 Å². The Hall–Kier alpha value is -3.80. The first-order chi connectivity index (χ1) is 13.7. The molecule has 4 aromatic rings. The molecule has 2 aromatic carbocycles. The first kappa shape index (κ1) is 17.6. The Kier molecular flexibility index (Phi) is 4.93. The quantitative estimate of drug-likeness (QED) is 0.568. The number of nitrogens with zero attached hydrogens (tertiary/aromatic N) is 1. The lowest BCUT2D eigenvalue weighted by molar-refractivity contribution is 0.0944. The van der Waals surface area contributed by atoms with Gasteiger partial charge in [-0.05, 0) is 48.5 Å². The number of fused-ring (bicyclic) bond motifs is 1. The third kappa shape index (κ3) is 3.81. The second-order valence-electron chi connectivity index (χ2n) is 6.07. The molecule has 0 saturated heterocycles. The number of nitrogens with one attached hydrogen (secondary N) is 1. The van der Waals surface area contributed by atoms with Crippen LogP contribution < -0.4 is 15.6 Å². The van der Waals surface area contributed by atoms with Crippen molar-refractivity contribution in [3.63, 3.8) is 0 Å². The molecule has 1 N–H and O–H groups in total. The predicted octanol–water partition coefficient (Wildman–Crippen LogP) is 4.20. The molecule has 2 aromatic heterocycles. The number of rotatable bonds is 5. The van der Waals surface area contributed by atoms with Crippen LogP contribution in [0.2, 0.25) is 0 Å². The number of benzene rings is 2. The summed E-state index contributed by atoms with van der Waals surface area (Å²) in [6, 6.07) is 20.0. The standard InChI is InChI=1S/C22H18N2O4/c1-26-17-10-8-16(9-11-17)24-22-19(13-15-5-2-3-7-20(15)28-22)21(25)23-14-18-6-4-12-27-18/h2-13H,14H2,1H3,(H,23,25). The number of methoxy groups -OCH3 is 1. The molecule has 0 bridgehead atoms. The smallest absolute Gasteiger partial charge is 0.257 e. The van der Waals surface area contributed by atoms with Crippen molar-refractivity contribution in [2.75, 3.05) is 7.11 Å². The molecular weight excluding hydrogens is 356 g/mol. The zero-order chi connectivity index (χ0) is 19.3. The fourth-order valence-corrected chi connectivity index (χ4v) is 2.76. The molecule has 0 aliphatic carbocycles. The van der Waals surface area contributed by atoms with Gasteiger partial charge in [0.05, 0.1) is 25.6 Å². The van der Waals surface area contributed by atoms with E-state index in [2.05, 4.69) is 10.3 Å². The van der Waals surface area contributed by atoms with Crippen molar-refractivity contribution in [2.45, 2.75) is 6.54 Å². The summed E-state index contributed by atoms with van der Waals surface area (Å²) in [6.07, 6.45) is 1.57. The first-order valence-electron chi connectivity index (χ1n) is 8.75. The molecule has 0 aliphatic heterocycles. The number of hydrogen-bond acceptors (Lipinski definition) is 5. The molecule has 0 spiro atoms. The van der Waals surface area contributed by atoms with Gasteiger partial charge in [-0.3, -0.25) is 4.79 Å². The second kappa shape index (κ2) is 7.84. The van der Waals surface area contributed by atoms with Crippen LogP contribution in [0.25, 0.3) is 11.0 Å². The van der Waals surface area contributed by atoms with Gasteiger partial charge >= 0.3 is 0 Å². The normalized spacial score (nSPS) is 11.5. The van der Waals surface area contributed by atoms with E-state index in [0.717, 1.165) is 11.1 Å². The summed E-state index contributed by atoms with van der Waals surface area (Å²) in [4.78, 5) is 17.3. The second-order valence-corrected chi connectivity index (χ2v) is 6.07. The van der Waals surface area contributed by atoms with Gasteiger partial charge in [-0.2, -0.15) is 0 Å². The number of hydrogen-bond donors (Lipinski definition) is 1. The van der Waals surface area contributed by atoms with E-state index in [0.29, 0.717) is 22.6 Å². The van der Waals surface area contributed by atoms with E-state index < -0.39 is 0 Å². The molecule has 28 heavy (non-hydrogen) atoms. The van der Waals surface area contributed by atoms with Gasteiger partial charge < -0.3 is 18.9 Å². The van der Waals surface area contributed by atoms with Crippen LogP contribution in [0, 0.1) is 0 Å². The van der Waals surface area contributed by atoms with E-state index in [4.69, 9.17) is 13.6 Å². The van der Waals surface area contributed by atoms with Crippen LogP contribution in [0.5, 0.6) is 5.75 Å². The van der Waals surface area contributed by atoms with Crippen molar-refractivity contribution < 1.29 is 18.4 Å². The van der Waals surface area contributed by atoms with Crippen molar-refractivity contribution in [3.05, 3.63) is 89.9 Å².